The summed E-state index contributed by atoms with van der Waals surface area (Å²) in [5.74, 6) is 0. The third-order valence-electron chi connectivity index (χ3n) is 3.87. The van der Waals surface area contributed by atoms with Gasteiger partial charge in [0.15, 0.2) is 0 Å². The van der Waals surface area contributed by atoms with Crippen LogP contribution in [0.1, 0.15) is 40.5 Å². The Kier molecular flexibility index (Phi) is 3.17. The average molecular weight is 223 g/mol. The molecule has 0 aromatic carbocycles. The Bertz CT molecular complexity index is 283. The van der Waals surface area contributed by atoms with Gasteiger partial charge in [0.25, 0.3) is 0 Å². The van der Waals surface area contributed by atoms with E-state index in [9.17, 15) is 0 Å². The summed E-state index contributed by atoms with van der Waals surface area (Å²) in [7, 11) is -0.148. The minimum Gasteiger partial charge on any atom is -0.400 e. The zero-order valence-electron chi connectivity index (χ0n) is 10.8. The normalized spacial score (nSPS) is 28.8. The fourth-order valence-electron chi connectivity index (χ4n) is 2.03. The maximum atomic E-state index is 6.04. The molecule has 2 rings (SSSR count). The molecule has 1 saturated heterocycles. The number of nitrogens with one attached hydrogen (secondary N) is 1. The molecule has 2 aliphatic rings. The van der Waals surface area contributed by atoms with E-state index in [0.29, 0.717) is 0 Å². The lowest BCUT2D eigenvalue weighted by atomic mass is 9.76. The number of hydrogen-bond acceptors (Lipinski definition) is 3. The lowest BCUT2D eigenvalue weighted by Crippen LogP contribution is -2.41. The molecule has 0 amide bonds. The Labute approximate surface area is 98.7 Å². The Morgan fingerprint density at radius 3 is 2.38 bits per heavy atom. The summed E-state index contributed by atoms with van der Waals surface area (Å²) < 4.78 is 12.1. The highest BCUT2D eigenvalue weighted by Gasteiger charge is 2.52. The molecule has 2 aliphatic heterocycles. The third-order valence-corrected chi connectivity index (χ3v) is 3.87. The van der Waals surface area contributed by atoms with Gasteiger partial charge in [0.1, 0.15) is 0 Å². The second kappa shape index (κ2) is 4.17. The fraction of sp³-hybridized carbons (Fsp3) is 0.833. The molecule has 3 nitrogen and oxygen atoms in total. The van der Waals surface area contributed by atoms with Gasteiger partial charge < -0.3 is 14.6 Å². The quantitative estimate of drug-likeness (QED) is 0.689. The third kappa shape index (κ3) is 2.19. The first-order valence-corrected chi connectivity index (χ1v) is 6.18. The molecule has 0 aromatic heterocycles. The van der Waals surface area contributed by atoms with Crippen LogP contribution in [0.3, 0.4) is 0 Å². The molecule has 0 aliphatic carbocycles. The van der Waals surface area contributed by atoms with Crippen molar-refractivity contribution in [1.82, 2.24) is 5.32 Å². The molecule has 4 heteroatoms. The van der Waals surface area contributed by atoms with Crippen molar-refractivity contribution in [1.29, 1.82) is 0 Å². The van der Waals surface area contributed by atoms with Gasteiger partial charge in [0, 0.05) is 0 Å². The second-order valence-corrected chi connectivity index (χ2v) is 5.66. The highest BCUT2D eigenvalue weighted by atomic mass is 16.7. The Morgan fingerprint density at radius 2 is 1.75 bits per heavy atom. The minimum atomic E-state index is -0.224. The minimum absolute atomic E-state index is 0.148. The van der Waals surface area contributed by atoms with E-state index in [4.69, 9.17) is 9.31 Å². The van der Waals surface area contributed by atoms with Gasteiger partial charge in [-0.15, -0.1) is 0 Å². The standard InChI is InChI=1S/C12H22BNO2/c1-11(2)12(3,4)16-13(15-11)10-6-5-8-14-9-7-10/h6,14H,5,7-9H2,1-4H3. The molecule has 16 heavy (non-hydrogen) atoms. The van der Waals surface area contributed by atoms with Crippen molar-refractivity contribution < 1.29 is 9.31 Å². The van der Waals surface area contributed by atoms with E-state index < -0.39 is 0 Å². The molecule has 0 atom stereocenters. The van der Waals surface area contributed by atoms with Crippen LogP contribution in [0.2, 0.25) is 0 Å². The van der Waals surface area contributed by atoms with Gasteiger partial charge in [0.2, 0.25) is 0 Å². The zero-order chi connectivity index (χ0) is 11.8. The molecule has 0 spiro atoms. The summed E-state index contributed by atoms with van der Waals surface area (Å²) in [6.45, 7) is 10.5. The molecule has 1 N–H and O–H groups in total. The van der Waals surface area contributed by atoms with E-state index >= 15 is 0 Å². The summed E-state index contributed by atoms with van der Waals surface area (Å²) in [6.07, 6.45) is 4.36. The van der Waals surface area contributed by atoms with E-state index in [1.165, 1.54) is 5.47 Å². The van der Waals surface area contributed by atoms with Crippen LogP contribution in [-0.2, 0) is 9.31 Å². The molecule has 0 aromatic rings. The van der Waals surface area contributed by atoms with Crippen molar-refractivity contribution in [3.63, 3.8) is 0 Å². The predicted molar refractivity (Wildman–Crippen MR) is 66.3 cm³/mol. The van der Waals surface area contributed by atoms with Crippen molar-refractivity contribution in [3.8, 4) is 0 Å². The highest BCUT2D eigenvalue weighted by molar-refractivity contribution is 6.54. The summed E-state index contributed by atoms with van der Waals surface area (Å²) >= 11 is 0. The first kappa shape index (κ1) is 12.2. The molecule has 2 heterocycles. The largest absolute Gasteiger partial charge is 0.490 e. The molecular weight excluding hydrogens is 201 g/mol. The van der Waals surface area contributed by atoms with Crippen LogP contribution < -0.4 is 5.32 Å². The molecular formula is C12H22BNO2. The summed E-state index contributed by atoms with van der Waals surface area (Å²) in [5, 5.41) is 3.38. The van der Waals surface area contributed by atoms with Gasteiger partial charge in [-0.1, -0.05) is 6.08 Å². The highest BCUT2D eigenvalue weighted by Crippen LogP contribution is 2.39. The lowest BCUT2D eigenvalue weighted by molar-refractivity contribution is 0.00578. The topological polar surface area (TPSA) is 30.5 Å². The Hall–Kier alpha value is -0.315. The molecule has 90 valence electrons. The van der Waals surface area contributed by atoms with Crippen molar-refractivity contribution in [3.05, 3.63) is 11.5 Å². The van der Waals surface area contributed by atoms with Gasteiger partial charge in [-0.2, -0.15) is 0 Å². The Balaban J connectivity index is 2.10. The SMILES string of the molecule is CC1(C)OB(C2=CCCNCC2)OC1(C)C. The van der Waals surface area contributed by atoms with Gasteiger partial charge >= 0.3 is 7.12 Å². The van der Waals surface area contributed by atoms with Gasteiger partial charge in [-0.05, 0) is 59.1 Å². The van der Waals surface area contributed by atoms with Crippen LogP contribution in [-0.4, -0.2) is 31.4 Å². The van der Waals surface area contributed by atoms with Crippen LogP contribution in [0.5, 0.6) is 0 Å². The van der Waals surface area contributed by atoms with Gasteiger partial charge in [-0.25, -0.2) is 0 Å². The van der Waals surface area contributed by atoms with Crippen molar-refractivity contribution >= 4 is 7.12 Å². The van der Waals surface area contributed by atoms with Crippen LogP contribution in [0.4, 0.5) is 0 Å². The summed E-state index contributed by atoms with van der Waals surface area (Å²) in [6, 6.07) is 0. The van der Waals surface area contributed by atoms with E-state index in [1.54, 1.807) is 0 Å². The van der Waals surface area contributed by atoms with Crippen LogP contribution in [0, 0.1) is 0 Å². The molecule has 0 bridgehead atoms. The average Bonchev–Trinajstić information content (AvgIpc) is 2.42. The van der Waals surface area contributed by atoms with Crippen LogP contribution in [0.25, 0.3) is 0 Å². The van der Waals surface area contributed by atoms with Gasteiger partial charge in [0.05, 0.1) is 11.2 Å². The fourth-order valence-corrected chi connectivity index (χ4v) is 2.03. The van der Waals surface area contributed by atoms with Crippen molar-refractivity contribution in [2.45, 2.75) is 51.7 Å². The molecule has 0 unspecified atom stereocenters. The summed E-state index contributed by atoms with van der Waals surface area (Å²) in [5.41, 5.74) is 0.847. The second-order valence-electron chi connectivity index (χ2n) is 5.66. The first-order chi connectivity index (χ1) is 7.42. The van der Waals surface area contributed by atoms with E-state index in [0.717, 1.165) is 25.9 Å². The van der Waals surface area contributed by atoms with E-state index in [2.05, 4.69) is 39.1 Å². The maximum Gasteiger partial charge on any atom is 0.490 e. The number of hydrogen-bond donors (Lipinski definition) is 1. The summed E-state index contributed by atoms with van der Waals surface area (Å²) in [4.78, 5) is 0. The Morgan fingerprint density at radius 1 is 1.12 bits per heavy atom. The molecule has 0 saturated carbocycles. The monoisotopic (exact) mass is 223 g/mol. The molecule has 1 fully saturated rings. The smallest absolute Gasteiger partial charge is 0.400 e. The zero-order valence-corrected chi connectivity index (χ0v) is 10.8. The van der Waals surface area contributed by atoms with Crippen molar-refractivity contribution in [2.75, 3.05) is 13.1 Å². The van der Waals surface area contributed by atoms with E-state index in [1.807, 2.05) is 0 Å². The van der Waals surface area contributed by atoms with Gasteiger partial charge in [-0.3, -0.25) is 0 Å². The van der Waals surface area contributed by atoms with Crippen molar-refractivity contribution in [2.24, 2.45) is 0 Å². The lowest BCUT2D eigenvalue weighted by Gasteiger charge is -2.32. The maximum absolute atomic E-state index is 6.04. The predicted octanol–water partition coefficient (Wildman–Crippen LogP) is 1.93. The number of rotatable bonds is 1. The molecule has 0 radical (unpaired) electrons. The van der Waals surface area contributed by atoms with E-state index in [-0.39, 0.29) is 18.3 Å². The first-order valence-electron chi connectivity index (χ1n) is 6.18. The van der Waals surface area contributed by atoms with Crippen LogP contribution >= 0.6 is 0 Å². The van der Waals surface area contributed by atoms with Crippen LogP contribution in [0.15, 0.2) is 11.5 Å².